The average molecular weight is 881 g/mol. The highest BCUT2D eigenvalue weighted by atomic mass is 31.0. The number of nitrogens with zero attached hydrogens (tertiary/aromatic N) is 5. The smallest absolute Gasteiger partial charge is 0.325 e. The van der Waals surface area contributed by atoms with Gasteiger partial charge >= 0.3 is 12.6 Å². The van der Waals surface area contributed by atoms with Crippen LogP contribution in [0.2, 0.25) is 6.82 Å². The van der Waals surface area contributed by atoms with Gasteiger partial charge in [-0.15, -0.1) is 9.12 Å². The van der Waals surface area contributed by atoms with Gasteiger partial charge in [-0.1, -0.05) is 101 Å². The number of methoxy groups -OCH3 is 2. The van der Waals surface area contributed by atoms with E-state index >= 15 is 0 Å². The van der Waals surface area contributed by atoms with Gasteiger partial charge in [0.25, 0.3) is 0 Å². The molecule has 2 heterocycles. The first-order valence-corrected chi connectivity index (χ1v) is 21.9. The number of benzene rings is 4. The van der Waals surface area contributed by atoms with E-state index < -0.39 is 5.97 Å². The second-order valence-electron chi connectivity index (χ2n) is 14.3. The molecule has 6 rings (SSSR count). The summed E-state index contributed by atoms with van der Waals surface area (Å²) in [6.45, 7) is 13.3. The molecule has 14 nitrogen and oxygen atoms in total. The quantitative estimate of drug-likeness (QED) is 0.0334. The Morgan fingerprint density at radius 3 is 1.54 bits per heavy atom. The summed E-state index contributed by atoms with van der Waals surface area (Å²) in [5, 5.41) is 30.4. The topological polar surface area (TPSA) is 178 Å². The monoisotopic (exact) mass is 880 g/mol. The van der Waals surface area contributed by atoms with Crippen LogP contribution in [0.25, 0.3) is 21.8 Å². The number of aliphatic carboxylic acids is 1. The maximum atomic E-state index is 13.0. The SMILES string of the molecule is CB(O)P.CCCCN(CC)C(=O)Cn1nc(C(=O)c2ccccc2)c2ccc(OC)cc21.CCCCNCC.COc1ccc2c(C(=O)c3ccccc3)nn(CC(=O)O)c2c1. The Morgan fingerprint density at radius 1 is 0.714 bits per heavy atom. The van der Waals surface area contributed by atoms with Gasteiger partial charge in [-0.25, -0.2) is 0 Å². The predicted octanol–water partition coefficient (Wildman–Crippen LogP) is 7.65. The Balaban J connectivity index is 0.000000275. The predicted molar refractivity (Wildman–Crippen MR) is 254 cm³/mol. The van der Waals surface area contributed by atoms with Crippen LogP contribution in [0.1, 0.15) is 85.5 Å². The van der Waals surface area contributed by atoms with Crippen molar-refractivity contribution in [2.24, 2.45) is 0 Å². The number of amides is 1. The Kier molecular flexibility index (Phi) is 22.2. The molecule has 6 aromatic rings. The average Bonchev–Trinajstić information content (AvgIpc) is 3.83. The molecule has 4 aromatic carbocycles. The molecule has 0 saturated heterocycles. The number of carboxylic acids is 1. The summed E-state index contributed by atoms with van der Waals surface area (Å²) >= 11 is 0. The molecule has 0 aliphatic rings. The van der Waals surface area contributed by atoms with Crippen LogP contribution in [-0.2, 0) is 22.7 Å². The number of carboxylic acid groups (broad SMARTS) is 1. The number of unbranched alkanes of at least 4 members (excludes halogenated alkanes) is 2. The van der Waals surface area contributed by atoms with Gasteiger partial charge in [-0.3, -0.25) is 28.5 Å². The number of aromatic nitrogens is 4. The van der Waals surface area contributed by atoms with E-state index in [9.17, 15) is 19.2 Å². The highest BCUT2D eigenvalue weighted by Crippen LogP contribution is 2.27. The fourth-order valence-electron chi connectivity index (χ4n) is 6.23. The number of carbonyl (C=O) groups is 4. The third kappa shape index (κ3) is 15.8. The lowest BCUT2D eigenvalue weighted by Gasteiger charge is -2.20. The molecular formula is C47H62BN6O8P. The molecule has 1 atom stereocenters. The summed E-state index contributed by atoms with van der Waals surface area (Å²) in [7, 11) is 5.33. The summed E-state index contributed by atoms with van der Waals surface area (Å²) in [6.07, 6.45) is 4.60. The molecule has 1 amide bonds. The number of rotatable bonds is 18. The van der Waals surface area contributed by atoms with Gasteiger partial charge in [-0.05, 0) is 57.1 Å². The van der Waals surface area contributed by atoms with Gasteiger partial charge in [0, 0.05) is 47.1 Å². The number of hydrogen-bond acceptors (Lipinski definition) is 10. The van der Waals surface area contributed by atoms with Crippen molar-refractivity contribution >= 4 is 61.0 Å². The van der Waals surface area contributed by atoms with Crippen molar-refractivity contribution in [2.45, 2.75) is 73.3 Å². The number of ether oxygens (including phenoxy) is 2. The van der Waals surface area contributed by atoms with Crippen LogP contribution in [0.15, 0.2) is 97.1 Å². The number of ketones is 2. The lowest BCUT2D eigenvalue weighted by molar-refractivity contribution is -0.137. The van der Waals surface area contributed by atoms with E-state index in [1.165, 1.54) is 31.2 Å². The fraction of sp³-hybridized carbons (Fsp3) is 0.362. The van der Waals surface area contributed by atoms with Crippen LogP contribution in [0.3, 0.4) is 0 Å². The van der Waals surface area contributed by atoms with Crippen molar-refractivity contribution in [3.8, 4) is 11.5 Å². The highest BCUT2D eigenvalue weighted by Gasteiger charge is 2.23. The van der Waals surface area contributed by atoms with Crippen LogP contribution in [0.4, 0.5) is 0 Å². The van der Waals surface area contributed by atoms with E-state index in [-0.39, 0.29) is 42.9 Å². The number of carbonyl (C=O) groups excluding carboxylic acids is 3. The van der Waals surface area contributed by atoms with Crippen LogP contribution in [0, 0.1) is 0 Å². The molecule has 16 heteroatoms. The normalized spacial score (nSPS) is 10.4. The minimum absolute atomic E-state index is 0.00752. The maximum Gasteiger partial charge on any atom is 0.325 e. The summed E-state index contributed by atoms with van der Waals surface area (Å²) in [4.78, 5) is 51.4. The van der Waals surface area contributed by atoms with Crippen molar-refractivity contribution in [3.05, 3.63) is 120 Å². The number of hydrogen-bond donors (Lipinski definition) is 3. The van der Waals surface area contributed by atoms with Crippen molar-refractivity contribution in [1.82, 2.24) is 29.8 Å². The molecule has 0 fully saturated rings. The second-order valence-corrected chi connectivity index (χ2v) is 15.3. The van der Waals surface area contributed by atoms with E-state index in [1.54, 1.807) is 79.3 Å². The zero-order chi connectivity index (χ0) is 46.3. The number of fused-ring (bicyclic) bond motifs is 2. The lowest BCUT2D eigenvalue weighted by Crippen LogP contribution is -2.34. The summed E-state index contributed by atoms with van der Waals surface area (Å²) in [5.41, 5.74) is 2.91. The van der Waals surface area contributed by atoms with Crippen LogP contribution >= 0.6 is 9.12 Å². The molecule has 3 N–H and O–H groups in total. The second kappa shape index (κ2) is 27.2. The van der Waals surface area contributed by atoms with E-state index in [0.717, 1.165) is 25.9 Å². The molecule has 0 aliphatic heterocycles. The third-order valence-electron chi connectivity index (χ3n) is 9.46. The van der Waals surface area contributed by atoms with E-state index in [2.05, 4.69) is 45.4 Å². The fourth-order valence-corrected chi connectivity index (χ4v) is 6.23. The zero-order valence-corrected chi connectivity index (χ0v) is 38.7. The van der Waals surface area contributed by atoms with Crippen molar-refractivity contribution in [2.75, 3.05) is 40.4 Å². The van der Waals surface area contributed by atoms with Crippen molar-refractivity contribution in [1.29, 1.82) is 0 Å². The molecule has 336 valence electrons. The summed E-state index contributed by atoms with van der Waals surface area (Å²) in [6, 6.07) is 28.4. The van der Waals surface area contributed by atoms with Gasteiger partial charge in [0.05, 0.1) is 25.3 Å². The van der Waals surface area contributed by atoms with Gasteiger partial charge < -0.3 is 29.8 Å². The molecule has 2 aromatic heterocycles. The van der Waals surface area contributed by atoms with Gasteiger partial charge in [-0.2, -0.15) is 10.2 Å². The third-order valence-corrected chi connectivity index (χ3v) is 9.46. The lowest BCUT2D eigenvalue weighted by atomic mass is 10.1. The standard InChI is InChI=1S/C23H27N3O3.C17H14N2O4.C6H15N.CH6BOP/c1-4-6-14-25(5-2)21(27)16-26-20-15-18(29-3)12-13-19(20)22(24-26)23(28)17-10-8-7-9-11-17;1-23-12-7-8-13-14(9-12)19(10-15(20)21)18-16(13)17(22)11-5-3-2-4-6-11;1-3-5-6-7-4-2;1-2(3)4/h7-13,15H,4-6,14,16H2,1-3H3;2-9H,10H2,1H3,(H,20,21);7H,3-6H2,1-2H3;3H,4H2,1H3. The Labute approximate surface area is 373 Å². The molecular weight excluding hydrogens is 818 g/mol. The largest absolute Gasteiger partial charge is 0.497 e. The summed E-state index contributed by atoms with van der Waals surface area (Å²) < 4.78 is 13.4. The van der Waals surface area contributed by atoms with E-state index in [0.29, 0.717) is 56.7 Å². The van der Waals surface area contributed by atoms with Gasteiger partial charge in [0.2, 0.25) is 17.5 Å². The van der Waals surface area contributed by atoms with Crippen LogP contribution in [-0.4, -0.2) is 105 Å². The van der Waals surface area contributed by atoms with E-state index in [4.69, 9.17) is 19.6 Å². The molecule has 0 radical (unpaired) electrons. The van der Waals surface area contributed by atoms with Crippen LogP contribution in [0.5, 0.6) is 11.5 Å². The molecule has 63 heavy (non-hydrogen) atoms. The maximum absolute atomic E-state index is 13.0. The molecule has 0 saturated carbocycles. The number of likely N-dealkylation sites (N-methyl/N-ethyl adjacent to an activating group) is 1. The minimum Gasteiger partial charge on any atom is -0.497 e. The van der Waals surface area contributed by atoms with Crippen molar-refractivity contribution < 1.29 is 38.8 Å². The van der Waals surface area contributed by atoms with Crippen LogP contribution < -0.4 is 14.8 Å². The first-order chi connectivity index (χ1) is 30.3. The first kappa shape index (κ1) is 51.5. The number of nitrogens with one attached hydrogen (secondary N) is 1. The molecule has 0 aliphatic carbocycles. The zero-order valence-electron chi connectivity index (χ0n) is 37.5. The Bertz CT molecular complexity index is 2350. The molecule has 0 bridgehead atoms. The van der Waals surface area contributed by atoms with Crippen molar-refractivity contribution in [3.63, 3.8) is 0 Å². The van der Waals surface area contributed by atoms with E-state index in [1.807, 2.05) is 48.2 Å². The Morgan fingerprint density at radius 2 is 1.16 bits per heavy atom. The van der Waals surface area contributed by atoms with Gasteiger partial charge in [0.15, 0.2) is 0 Å². The minimum atomic E-state index is -1.03. The first-order valence-electron chi connectivity index (χ1n) is 21.3. The summed E-state index contributed by atoms with van der Waals surface area (Å²) in [5.74, 6) is -0.219. The van der Waals surface area contributed by atoms with Gasteiger partial charge in [0.1, 0.15) is 36.0 Å². The Hall–Kier alpha value is -5.89. The molecule has 0 spiro atoms. The highest BCUT2D eigenvalue weighted by molar-refractivity contribution is 7.59. The molecule has 1 unspecified atom stereocenters.